The number of hydrogen-bond acceptors (Lipinski definition) is 2. The van der Waals surface area contributed by atoms with Gasteiger partial charge >= 0.3 is 0 Å². The molecule has 18 heavy (non-hydrogen) atoms. The second-order valence-corrected chi connectivity index (χ2v) is 4.08. The summed E-state index contributed by atoms with van der Waals surface area (Å²) in [5.74, 6) is -0.222. The number of anilines is 1. The predicted octanol–water partition coefficient (Wildman–Crippen LogP) is 2.61. The minimum Gasteiger partial charge on any atom is -0.322 e. The molecule has 0 aliphatic heterocycles. The number of hydrogen-bond donors (Lipinski definition) is 1. The molecule has 92 valence electrons. The van der Waals surface area contributed by atoms with Crippen LogP contribution < -0.4 is 5.32 Å². The molecule has 0 bridgehead atoms. The number of carbonyl (C=O) groups excluding carboxylic acids is 1. The second kappa shape index (κ2) is 4.87. The highest BCUT2D eigenvalue weighted by Gasteiger charge is 2.05. The van der Waals surface area contributed by atoms with Crippen LogP contribution in [0.25, 0.3) is 5.69 Å². The van der Waals surface area contributed by atoms with Gasteiger partial charge < -0.3 is 5.32 Å². The summed E-state index contributed by atoms with van der Waals surface area (Å²) in [5.41, 5.74) is 3.67. The van der Waals surface area contributed by atoms with E-state index in [2.05, 4.69) is 17.0 Å². The molecule has 1 aromatic carbocycles. The summed E-state index contributed by atoms with van der Waals surface area (Å²) >= 11 is 0. The fourth-order valence-corrected chi connectivity index (χ4v) is 1.80. The van der Waals surface area contributed by atoms with Crippen molar-refractivity contribution in [2.45, 2.75) is 13.8 Å². The maximum Gasteiger partial charge on any atom is 0.247 e. The van der Waals surface area contributed by atoms with Crippen LogP contribution in [0, 0.1) is 13.8 Å². The van der Waals surface area contributed by atoms with E-state index in [1.165, 1.54) is 6.08 Å². The van der Waals surface area contributed by atoms with Gasteiger partial charge in [0.1, 0.15) is 0 Å². The molecule has 0 radical (unpaired) electrons. The average molecular weight is 241 g/mol. The van der Waals surface area contributed by atoms with Crippen LogP contribution in [-0.4, -0.2) is 15.7 Å². The van der Waals surface area contributed by atoms with Crippen molar-refractivity contribution >= 4 is 11.6 Å². The molecule has 0 atom stereocenters. The highest BCUT2D eigenvalue weighted by Crippen LogP contribution is 2.16. The topological polar surface area (TPSA) is 46.9 Å². The molecule has 0 saturated heterocycles. The molecule has 2 rings (SSSR count). The fraction of sp³-hybridized carbons (Fsp3) is 0.143. The van der Waals surface area contributed by atoms with Gasteiger partial charge in [0.2, 0.25) is 5.91 Å². The molecule has 0 spiro atoms. The first-order valence-electron chi connectivity index (χ1n) is 5.67. The number of nitrogens with zero attached hydrogens (tertiary/aromatic N) is 2. The Morgan fingerprint density at radius 1 is 1.39 bits per heavy atom. The SMILES string of the molecule is C=CC(=O)Nc1cccc(-n2nc(C)cc2C)c1. The molecule has 2 aromatic rings. The third-order valence-electron chi connectivity index (χ3n) is 2.55. The van der Waals surface area contributed by atoms with E-state index in [1.54, 1.807) is 0 Å². The van der Waals surface area contributed by atoms with Crippen LogP contribution in [0.5, 0.6) is 0 Å². The predicted molar refractivity (Wildman–Crippen MR) is 71.9 cm³/mol. The Balaban J connectivity index is 2.35. The van der Waals surface area contributed by atoms with Crippen LogP contribution in [0.2, 0.25) is 0 Å². The molecule has 0 aliphatic rings. The van der Waals surface area contributed by atoms with E-state index in [0.29, 0.717) is 0 Å². The van der Waals surface area contributed by atoms with E-state index in [-0.39, 0.29) is 5.91 Å². The number of nitrogens with one attached hydrogen (secondary N) is 1. The van der Waals surface area contributed by atoms with Crippen LogP contribution in [-0.2, 0) is 4.79 Å². The molecule has 1 N–H and O–H groups in total. The van der Waals surface area contributed by atoms with Crippen molar-refractivity contribution in [2.24, 2.45) is 0 Å². The van der Waals surface area contributed by atoms with Crippen molar-refractivity contribution < 1.29 is 4.79 Å². The number of rotatable bonds is 3. The molecule has 4 nitrogen and oxygen atoms in total. The van der Waals surface area contributed by atoms with E-state index in [0.717, 1.165) is 22.8 Å². The highest BCUT2D eigenvalue weighted by atomic mass is 16.1. The van der Waals surface area contributed by atoms with E-state index in [4.69, 9.17) is 0 Å². The average Bonchev–Trinajstić information content (AvgIpc) is 2.68. The molecule has 1 heterocycles. The Hall–Kier alpha value is -2.36. The normalized spacial score (nSPS) is 10.1. The van der Waals surface area contributed by atoms with E-state index in [9.17, 15) is 4.79 Å². The second-order valence-electron chi connectivity index (χ2n) is 4.08. The third-order valence-corrected chi connectivity index (χ3v) is 2.55. The van der Waals surface area contributed by atoms with Crippen molar-refractivity contribution in [3.8, 4) is 5.69 Å². The largest absolute Gasteiger partial charge is 0.322 e. The fourth-order valence-electron chi connectivity index (χ4n) is 1.80. The molecule has 0 fully saturated rings. The molecular weight excluding hydrogens is 226 g/mol. The number of aromatic nitrogens is 2. The summed E-state index contributed by atoms with van der Waals surface area (Å²) in [6, 6.07) is 9.54. The van der Waals surface area contributed by atoms with Crippen LogP contribution in [0.15, 0.2) is 43.0 Å². The van der Waals surface area contributed by atoms with Crippen LogP contribution in [0.4, 0.5) is 5.69 Å². The number of carbonyl (C=O) groups is 1. The first-order valence-corrected chi connectivity index (χ1v) is 5.67. The Morgan fingerprint density at radius 3 is 2.78 bits per heavy atom. The van der Waals surface area contributed by atoms with Gasteiger partial charge in [-0.3, -0.25) is 4.79 Å². The van der Waals surface area contributed by atoms with Crippen molar-refractivity contribution in [3.05, 3.63) is 54.4 Å². The summed E-state index contributed by atoms with van der Waals surface area (Å²) in [5, 5.41) is 7.13. The first kappa shape index (κ1) is 12.1. The summed E-state index contributed by atoms with van der Waals surface area (Å²) in [6.07, 6.45) is 1.25. The molecule has 1 aromatic heterocycles. The Bertz CT molecular complexity index is 599. The molecule has 4 heteroatoms. The monoisotopic (exact) mass is 241 g/mol. The van der Waals surface area contributed by atoms with Gasteiger partial charge in [0.05, 0.1) is 11.4 Å². The lowest BCUT2D eigenvalue weighted by molar-refractivity contribution is -0.111. The van der Waals surface area contributed by atoms with Crippen molar-refractivity contribution in [1.29, 1.82) is 0 Å². The Labute approximate surface area is 106 Å². The minimum atomic E-state index is -0.222. The van der Waals surface area contributed by atoms with E-state index < -0.39 is 0 Å². The summed E-state index contributed by atoms with van der Waals surface area (Å²) < 4.78 is 1.85. The van der Waals surface area contributed by atoms with E-state index in [1.807, 2.05) is 48.9 Å². The van der Waals surface area contributed by atoms with Gasteiger partial charge in [-0.2, -0.15) is 5.10 Å². The summed E-state index contributed by atoms with van der Waals surface area (Å²) in [4.78, 5) is 11.2. The maximum absolute atomic E-state index is 11.2. The van der Waals surface area contributed by atoms with Crippen molar-refractivity contribution in [3.63, 3.8) is 0 Å². The van der Waals surface area contributed by atoms with Crippen molar-refractivity contribution in [1.82, 2.24) is 9.78 Å². The zero-order chi connectivity index (χ0) is 13.1. The third kappa shape index (κ3) is 2.48. The smallest absolute Gasteiger partial charge is 0.247 e. The standard InChI is InChI=1S/C14H15N3O/c1-4-14(18)15-12-6-5-7-13(9-12)17-11(3)8-10(2)16-17/h4-9H,1H2,2-3H3,(H,15,18). The molecular formula is C14H15N3O. The highest BCUT2D eigenvalue weighted by molar-refractivity contribution is 5.99. The van der Waals surface area contributed by atoms with Crippen LogP contribution in [0.1, 0.15) is 11.4 Å². The molecule has 0 unspecified atom stereocenters. The minimum absolute atomic E-state index is 0.222. The van der Waals surface area contributed by atoms with Crippen molar-refractivity contribution in [2.75, 3.05) is 5.32 Å². The zero-order valence-corrected chi connectivity index (χ0v) is 10.5. The lowest BCUT2D eigenvalue weighted by atomic mass is 10.2. The lowest BCUT2D eigenvalue weighted by Gasteiger charge is -2.07. The quantitative estimate of drug-likeness (QED) is 0.840. The molecule has 0 saturated carbocycles. The number of amides is 1. The summed E-state index contributed by atoms with van der Waals surface area (Å²) in [6.45, 7) is 7.37. The van der Waals surface area contributed by atoms with Gasteiger partial charge in [0, 0.05) is 11.4 Å². The first-order chi connectivity index (χ1) is 8.60. The maximum atomic E-state index is 11.2. The van der Waals surface area contributed by atoms with Gasteiger partial charge in [-0.15, -0.1) is 0 Å². The molecule has 0 aliphatic carbocycles. The van der Waals surface area contributed by atoms with Gasteiger partial charge in [-0.05, 0) is 44.2 Å². The Kier molecular flexibility index (Phi) is 3.28. The molecule has 1 amide bonds. The van der Waals surface area contributed by atoms with Gasteiger partial charge in [-0.1, -0.05) is 12.6 Å². The van der Waals surface area contributed by atoms with Gasteiger partial charge in [-0.25, -0.2) is 4.68 Å². The number of aryl methyl sites for hydroxylation is 2. The number of benzene rings is 1. The summed E-state index contributed by atoms with van der Waals surface area (Å²) in [7, 11) is 0. The van der Waals surface area contributed by atoms with Crippen LogP contribution >= 0.6 is 0 Å². The lowest BCUT2D eigenvalue weighted by Crippen LogP contribution is -2.08. The van der Waals surface area contributed by atoms with Gasteiger partial charge in [0.15, 0.2) is 0 Å². The van der Waals surface area contributed by atoms with E-state index >= 15 is 0 Å². The Morgan fingerprint density at radius 2 is 2.17 bits per heavy atom. The van der Waals surface area contributed by atoms with Crippen LogP contribution in [0.3, 0.4) is 0 Å². The zero-order valence-electron chi connectivity index (χ0n) is 10.5. The van der Waals surface area contributed by atoms with Gasteiger partial charge in [0.25, 0.3) is 0 Å².